The van der Waals surface area contributed by atoms with E-state index in [-0.39, 0.29) is 0 Å². The molecule has 0 radical (unpaired) electrons. The molecule has 0 aromatic carbocycles. The number of rotatable bonds is 9. The molecule has 0 heterocycles. The van der Waals surface area contributed by atoms with Gasteiger partial charge >= 0.3 is 0 Å². The van der Waals surface area contributed by atoms with E-state index in [1.54, 1.807) is 6.08 Å². The number of hydrogen-bond donors (Lipinski definition) is 0. The van der Waals surface area contributed by atoms with E-state index in [0.29, 0.717) is 6.42 Å². The maximum atomic E-state index is 10.0. The molecule has 0 saturated carbocycles. The Balaban J connectivity index is 2.96. The average Bonchev–Trinajstić information content (AvgIpc) is 2.21. The minimum Gasteiger partial charge on any atom is -0.303 e. The summed E-state index contributed by atoms with van der Waals surface area (Å²) in [4.78, 5) is 10.0. The van der Waals surface area contributed by atoms with Crippen molar-refractivity contribution in [2.45, 2.75) is 51.4 Å². The normalized spacial score (nSPS) is 10.2. The smallest absolute Gasteiger partial charge is 0.119 e. The molecule has 0 rings (SSSR count). The first-order chi connectivity index (χ1) is 6.91. The molecule has 78 valence electrons. The summed E-state index contributed by atoms with van der Waals surface area (Å²) in [5, 5.41) is 8.22. The third-order valence-corrected chi connectivity index (χ3v) is 2.14. The van der Waals surface area contributed by atoms with Crippen LogP contribution in [0.25, 0.3) is 0 Å². The molecule has 0 aliphatic heterocycles. The molecule has 0 aromatic rings. The molecule has 0 fully saturated rings. The van der Waals surface area contributed by atoms with Crippen LogP contribution in [0.15, 0.2) is 12.2 Å². The number of nitriles is 1. The molecule has 0 saturated heterocycles. The summed E-state index contributed by atoms with van der Waals surface area (Å²) < 4.78 is 0. The Bertz CT molecular complexity index is 191. The highest BCUT2D eigenvalue weighted by molar-refractivity contribution is 5.48. The van der Waals surface area contributed by atoms with E-state index in [0.717, 1.165) is 19.1 Å². The first-order valence-electron chi connectivity index (χ1n) is 5.40. The zero-order valence-electron chi connectivity index (χ0n) is 8.74. The predicted octanol–water partition coefficient (Wildman–Crippen LogP) is 3.39. The summed E-state index contributed by atoms with van der Waals surface area (Å²) in [6.45, 7) is 0. The molecule has 14 heavy (non-hydrogen) atoms. The van der Waals surface area contributed by atoms with Gasteiger partial charge in [-0.3, -0.25) is 0 Å². The van der Waals surface area contributed by atoms with Gasteiger partial charge in [-0.05, 0) is 19.3 Å². The van der Waals surface area contributed by atoms with Crippen LogP contribution < -0.4 is 0 Å². The van der Waals surface area contributed by atoms with Gasteiger partial charge in [0.1, 0.15) is 6.29 Å². The van der Waals surface area contributed by atoms with Gasteiger partial charge in [-0.1, -0.05) is 31.8 Å². The standard InChI is InChI=1S/C12H19NO/c13-11-9-7-5-3-1-2-4-6-8-10-12-14/h7,9,12H,1-6,8,10H2/b9-7+. The lowest BCUT2D eigenvalue weighted by Crippen LogP contribution is -1.80. The minimum absolute atomic E-state index is 0.713. The fourth-order valence-corrected chi connectivity index (χ4v) is 1.33. The summed E-state index contributed by atoms with van der Waals surface area (Å²) in [7, 11) is 0. The van der Waals surface area contributed by atoms with Crippen LogP contribution in [0, 0.1) is 11.3 Å². The third-order valence-electron chi connectivity index (χ3n) is 2.14. The van der Waals surface area contributed by atoms with Crippen molar-refractivity contribution in [1.82, 2.24) is 0 Å². The molecular formula is C12H19NO. The highest BCUT2D eigenvalue weighted by Crippen LogP contribution is 2.08. The van der Waals surface area contributed by atoms with Gasteiger partial charge in [0.2, 0.25) is 0 Å². The third kappa shape index (κ3) is 10.9. The quantitative estimate of drug-likeness (QED) is 0.320. The van der Waals surface area contributed by atoms with Gasteiger partial charge in [0.15, 0.2) is 0 Å². The summed E-state index contributed by atoms with van der Waals surface area (Å²) in [6, 6.07) is 1.98. The molecule has 0 aliphatic carbocycles. The lowest BCUT2D eigenvalue weighted by atomic mass is 10.1. The minimum atomic E-state index is 0.713. The Morgan fingerprint density at radius 3 is 2.07 bits per heavy atom. The van der Waals surface area contributed by atoms with Crippen LogP contribution >= 0.6 is 0 Å². The predicted molar refractivity (Wildman–Crippen MR) is 57.8 cm³/mol. The molecule has 0 bridgehead atoms. The topological polar surface area (TPSA) is 40.9 Å². The van der Waals surface area contributed by atoms with E-state index in [2.05, 4.69) is 0 Å². The highest BCUT2D eigenvalue weighted by Gasteiger charge is 1.89. The second kappa shape index (κ2) is 11.9. The molecular weight excluding hydrogens is 174 g/mol. The van der Waals surface area contributed by atoms with Crippen LogP contribution in [0.2, 0.25) is 0 Å². The largest absolute Gasteiger partial charge is 0.303 e. The Hall–Kier alpha value is -1.10. The van der Waals surface area contributed by atoms with E-state index in [1.165, 1.54) is 32.1 Å². The number of aldehydes is 1. The molecule has 0 N–H and O–H groups in total. The molecule has 0 unspecified atom stereocenters. The van der Waals surface area contributed by atoms with E-state index in [4.69, 9.17) is 5.26 Å². The van der Waals surface area contributed by atoms with Crippen molar-refractivity contribution < 1.29 is 4.79 Å². The fourth-order valence-electron chi connectivity index (χ4n) is 1.33. The van der Waals surface area contributed by atoms with Gasteiger partial charge in [0, 0.05) is 12.5 Å². The monoisotopic (exact) mass is 193 g/mol. The highest BCUT2D eigenvalue weighted by atomic mass is 16.1. The van der Waals surface area contributed by atoms with Crippen LogP contribution in [-0.4, -0.2) is 6.29 Å². The van der Waals surface area contributed by atoms with Gasteiger partial charge < -0.3 is 4.79 Å². The first kappa shape index (κ1) is 12.9. The van der Waals surface area contributed by atoms with Crippen molar-refractivity contribution in [2.75, 3.05) is 0 Å². The summed E-state index contributed by atoms with van der Waals surface area (Å²) >= 11 is 0. The fraction of sp³-hybridized carbons (Fsp3) is 0.667. The van der Waals surface area contributed by atoms with Crippen molar-refractivity contribution in [2.24, 2.45) is 0 Å². The van der Waals surface area contributed by atoms with Gasteiger partial charge in [0.25, 0.3) is 0 Å². The van der Waals surface area contributed by atoms with Gasteiger partial charge in [0.05, 0.1) is 6.07 Å². The number of allylic oxidation sites excluding steroid dienone is 2. The zero-order chi connectivity index (χ0) is 10.5. The maximum Gasteiger partial charge on any atom is 0.119 e. The summed E-state index contributed by atoms with van der Waals surface area (Å²) in [5.74, 6) is 0. The average molecular weight is 193 g/mol. The molecule has 2 heteroatoms. The lowest BCUT2D eigenvalue weighted by Gasteiger charge is -1.98. The number of carbonyl (C=O) groups is 1. The Morgan fingerprint density at radius 1 is 0.929 bits per heavy atom. The summed E-state index contributed by atoms with van der Waals surface area (Å²) in [6.07, 6.45) is 13.3. The molecule has 2 nitrogen and oxygen atoms in total. The van der Waals surface area contributed by atoms with E-state index in [1.807, 2.05) is 12.1 Å². The van der Waals surface area contributed by atoms with Crippen LogP contribution in [-0.2, 0) is 4.79 Å². The van der Waals surface area contributed by atoms with Crippen LogP contribution in [0.1, 0.15) is 51.4 Å². The second-order valence-electron chi connectivity index (χ2n) is 3.40. The molecule has 0 atom stereocenters. The van der Waals surface area contributed by atoms with Gasteiger partial charge in [-0.2, -0.15) is 5.26 Å². The Labute approximate surface area is 86.6 Å². The maximum absolute atomic E-state index is 10.0. The van der Waals surface area contributed by atoms with Crippen LogP contribution in [0.5, 0.6) is 0 Å². The van der Waals surface area contributed by atoms with Gasteiger partial charge in [-0.15, -0.1) is 0 Å². The first-order valence-corrected chi connectivity index (χ1v) is 5.40. The van der Waals surface area contributed by atoms with E-state index < -0.39 is 0 Å². The van der Waals surface area contributed by atoms with Crippen molar-refractivity contribution in [3.8, 4) is 6.07 Å². The molecule has 0 amide bonds. The molecule has 0 spiro atoms. The Kier molecular flexibility index (Phi) is 11.0. The Morgan fingerprint density at radius 2 is 1.50 bits per heavy atom. The van der Waals surface area contributed by atoms with E-state index >= 15 is 0 Å². The number of unbranched alkanes of at least 4 members (excludes halogenated alkanes) is 7. The number of carbonyl (C=O) groups excluding carboxylic acids is 1. The van der Waals surface area contributed by atoms with Crippen molar-refractivity contribution >= 4 is 6.29 Å². The molecule has 0 aromatic heterocycles. The van der Waals surface area contributed by atoms with Crippen LogP contribution in [0.4, 0.5) is 0 Å². The van der Waals surface area contributed by atoms with Crippen molar-refractivity contribution in [3.05, 3.63) is 12.2 Å². The summed E-state index contributed by atoms with van der Waals surface area (Å²) in [5.41, 5.74) is 0. The van der Waals surface area contributed by atoms with Crippen molar-refractivity contribution in [1.29, 1.82) is 5.26 Å². The van der Waals surface area contributed by atoms with Gasteiger partial charge in [-0.25, -0.2) is 0 Å². The zero-order valence-corrected chi connectivity index (χ0v) is 8.74. The SMILES string of the molecule is N#C/C=C/CCCCCCCCC=O. The van der Waals surface area contributed by atoms with E-state index in [9.17, 15) is 4.79 Å². The molecule has 0 aliphatic rings. The second-order valence-corrected chi connectivity index (χ2v) is 3.40. The lowest BCUT2D eigenvalue weighted by molar-refractivity contribution is -0.107. The number of nitrogens with zero attached hydrogens (tertiary/aromatic N) is 1. The van der Waals surface area contributed by atoms with Crippen molar-refractivity contribution in [3.63, 3.8) is 0 Å². The van der Waals surface area contributed by atoms with Crippen LogP contribution in [0.3, 0.4) is 0 Å². The number of hydrogen-bond acceptors (Lipinski definition) is 2.